The summed E-state index contributed by atoms with van der Waals surface area (Å²) in [4.78, 5) is 12.3. The average molecular weight is 359 g/mol. The van der Waals surface area contributed by atoms with Crippen molar-refractivity contribution in [1.82, 2.24) is 0 Å². The summed E-state index contributed by atoms with van der Waals surface area (Å²) in [7, 11) is 0. The molecule has 2 aliphatic rings. The van der Waals surface area contributed by atoms with Crippen molar-refractivity contribution < 1.29 is 9.53 Å². The third-order valence-corrected chi connectivity index (χ3v) is 6.32. The predicted octanol–water partition coefficient (Wildman–Crippen LogP) is 7.03. The zero-order valence-electron chi connectivity index (χ0n) is 17.1. The van der Waals surface area contributed by atoms with Crippen LogP contribution in [0.4, 0.5) is 0 Å². The van der Waals surface area contributed by atoms with E-state index in [2.05, 4.69) is 6.92 Å². The summed E-state index contributed by atoms with van der Waals surface area (Å²) in [5, 5.41) is 0. The zero-order chi connectivity index (χ0) is 18.8. The molecule has 0 aliphatic heterocycles. The van der Waals surface area contributed by atoms with E-state index in [9.17, 15) is 4.79 Å². The van der Waals surface area contributed by atoms with Crippen molar-refractivity contribution in [3.8, 4) is 5.75 Å². The maximum absolute atomic E-state index is 12.3. The van der Waals surface area contributed by atoms with Crippen LogP contribution in [0.2, 0.25) is 0 Å². The van der Waals surface area contributed by atoms with Gasteiger partial charge in [-0.25, -0.2) is 0 Å². The number of ether oxygens (including phenoxy) is 1. The molecule has 0 saturated heterocycles. The van der Waals surface area contributed by atoms with Gasteiger partial charge in [0, 0.05) is 0 Å². The van der Waals surface area contributed by atoms with Crippen LogP contribution >= 0.6 is 0 Å². The second-order valence-electron chi connectivity index (χ2n) is 7.92. The molecule has 3 rings (SSSR count). The van der Waals surface area contributed by atoms with Gasteiger partial charge in [0.25, 0.3) is 0 Å². The molecule has 2 nitrogen and oxygen atoms in total. The van der Waals surface area contributed by atoms with Gasteiger partial charge in [0.05, 0.1) is 5.92 Å². The molecule has 0 amide bonds. The maximum atomic E-state index is 12.3. The molecule has 2 aliphatic carbocycles. The molecule has 2 heteroatoms. The molecule has 0 bridgehead atoms. The normalized spacial score (nSPS) is 28.6. The molecule has 0 radical (unpaired) electrons. The van der Waals surface area contributed by atoms with E-state index in [1.807, 2.05) is 44.2 Å². The summed E-state index contributed by atoms with van der Waals surface area (Å²) in [6, 6.07) is 9.48. The average Bonchev–Trinajstić information content (AvgIpc) is 2.71. The number of esters is 1. The van der Waals surface area contributed by atoms with Crippen LogP contribution in [0.15, 0.2) is 30.3 Å². The van der Waals surface area contributed by atoms with Gasteiger partial charge in [-0.3, -0.25) is 4.79 Å². The molecule has 0 unspecified atom stereocenters. The minimum absolute atomic E-state index is 0.0219. The molecule has 0 spiro atoms. The van der Waals surface area contributed by atoms with Gasteiger partial charge in [-0.1, -0.05) is 64.7 Å². The molecule has 1 aromatic carbocycles. The minimum atomic E-state index is -0.0219. The fourth-order valence-corrected chi connectivity index (χ4v) is 4.87. The molecular formula is C24H38O2. The summed E-state index contributed by atoms with van der Waals surface area (Å²) in [6.07, 6.45) is 13.0. The highest BCUT2D eigenvalue weighted by Crippen LogP contribution is 2.42. The number of benzene rings is 1. The highest BCUT2D eigenvalue weighted by molar-refractivity contribution is 5.75. The standard InChI is InChI=1S/C22H32O2.C2H6/c1-2-6-17-9-11-18(12-10-17)19-13-15-20(16-14-19)22(23)24-21-7-4-3-5-8-21;1-2/h3-5,7-8,17-20H,2,6,9-16H2,1H3;1-2H3. The van der Waals surface area contributed by atoms with Crippen LogP contribution in [0.25, 0.3) is 0 Å². The van der Waals surface area contributed by atoms with Gasteiger partial charge < -0.3 is 4.74 Å². The molecule has 0 aromatic heterocycles. The van der Waals surface area contributed by atoms with Crippen molar-refractivity contribution in [3.05, 3.63) is 30.3 Å². The summed E-state index contributed by atoms with van der Waals surface area (Å²) < 4.78 is 5.54. The van der Waals surface area contributed by atoms with E-state index < -0.39 is 0 Å². The Balaban J connectivity index is 0.00000117. The molecule has 26 heavy (non-hydrogen) atoms. The van der Waals surface area contributed by atoms with Gasteiger partial charge in [-0.2, -0.15) is 0 Å². The zero-order valence-corrected chi connectivity index (χ0v) is 17.1. The van der Waals surface area contributed by atoms with E-state index >= 15 is 0 Å². The third kappa shape index (κ3) is 6.14. The molecule has 0 N–H and O–H groups in total. The van der Waals surface area contributed by atoms with Crippen molar-refractivity contribution in [2.24, 2.45) is 23.7 Å². The quantitative estimate of drug-likeness (QED) is 0.417. The SMILES string of the molecule is CC.CCCC1CCC(C2CCC(C(=O)Oc3ccccc3)CC2)CC1. The van der Waals surface area contributed by atoms with Gasteiger partial charge in [0.15, 0.2) is 0 Å². The van der Waals surface area contributed by atoms with Gasteiger partial charge in [-0.15, -0.1) is 0 Å². The van der Waals surface area contributed by atoms with E-state index in [0.29, 0.717) is 5.75 Å². The van der Waals surface area contributed by atoms with Gasteiger partial charge in [-0.05, 0) is 68.4 Å². The Morgan fingerprint density at radius 3 is 1.96 bits per heavy atom. The van der Waals surface area contributed by atoms with Crippen LogP contribution in [-0.2, 0) is 4.79 Å². The lowest BCUT2D eigenvalue weighted by molar-refractivity contribution is -0.140. The van der Waals surface area contributed by atoms with Crippen molar-refractivity contribution in [2.75, 3.05) is 0 Å². The highest BCUT2D eigenvalue weighted by Gasteiger charge is 2.33. The summed E-state index contributed by atoms with van der Waals surface area (Å²) in [5.41, 5.74) is 0. The molecule has 2 fully saturated rings. The second-order valence-corrected chi connectivity index (χ2v) is 7.92. The first-order valence-electron chi connectivity index (χ1n) is 11.0. The van der Waals surface area contributed by atoms with Crippen LogP contribution in [0.5, 0.6) is 5.75 Å². The number of para-hydroxylation sites is 1. The fourth-order valence-electron chi connectivity index (χ4n) is 4.87. The Kier molecular flexibility index (Phi) is 9.22. The predicted molar refractivity (Wildman–Crippen MR) is 109 cm³/mol. The lowest BCUT2D eigenvalue weighted by Crippen LogP contribution is -2.30. The van der Waals surface area contributed by atoms with Crippen molar-refractivity contribution in [1.29, 1.82) is 0 Å². The number of hydrogen-bond donors (Lipinski definition) is 0. The first-order chi connectivity index (χ1) is 12.8. The van der Waals surface area contributed by atoms with Gasteiger partial charge >= 0.3 is 5.97 Å². The fraction of sp³-hybridized carbons (Fsp3) is 0.708. The van der Waals surface area contributed by atoms with Crippen molar-refractivity contribution in [3.63, 3.8) is 0 Å². The van der Waals surface area contributed by atoms with E-state index in [1.54, 1.807) is 0 Å². The van der Waals surface area contributed by atoms with Crippen molar-refractivity contribution in [2.45, 2.75) is 85.0 Å². The van der Waals surface area contributed by atoms with Crippen LogP contribution in [-0.4, -0.2) is 5.97 Å². The summed E-state index contributed by atoms with van der Waals surface area (Å²) in [6.45, 7) is 6.31. The largest absolute Gasteiger partial charge is 0.426 e. The van der Waals surface area contributed by atoms with Gasteiger partial charge in [0.1, 0.15) is 5.75 Å². The molecule has 2 saturated carbocycles. The lowest BCUT2D eigenvalue weighted by atomic mass is 9.69. The number of rotatable bonds is 5. The Labute approximate surface area is 160 Å². The second kappa shape index (κ2) is 11.4. The molecule has 146 valence electrons. The molecule has 0 heterocycles. The van der Waals surface area contributed by atoms with Crippen LogP contribution in [0.3, 0.4) is 0 Å². The third-order valence-electron chi connectivity index (χ3n) is 6.32. The Morgan fingerprint density at radius 2 is 1.42 bits per heavy atom. The smallest absolute Gasteiger partial charge is 0.314 e. The summed E-state index contributed by atoms with van der Waals surface area (Å²) in [5.74, 6) is 3.53. The maximum Gasteiger partial charge on any atom is 0.314 e. The first kappa shape index (κ1) is 21.0. The van der Waals surface area contributed by atoms with Crippen LogP contribution in [0.1, 0.15) is 85.0 Å². The van der Waals surface area contributed by atoms with E-state index in [0.717, 1.165) is 30.6 Å². The van der Waals surface area contributed by atoms with E-state index in [4.69, 9.17) is 4.74 Å². The van der Waals surface area contributed by atoms with Crippen molar-refractivity contribution >= 4 is 5.97 Å². The number of carbonyl (C=O) groups excluding carboxylic acids is 1. The summed E-state index contributed by atoms with van der Waals surface area (Å²) >= 11 is 0. The Morgan fingerprint density at radius 1 is 0.885 bits per heavy atom. The number of carbonyl (C=O) groups is 1. The minimum Gasteiger partial charge on any atom is -0.426 e. The molecular weight excluding hydrogens is 320 g/mol. The Hall–Kier alpha value is -1.31. The monoisotopic (exact) mass is 358 g/mol. The van der Waals surface area contributed by atoms with Gasteiger partial charge in [0.2, 0.25) is 0 Å². The lowest BCUT2D eigenvalue weighted by Gasteiger charge is -2.37. The molecule has 0 atom stereocenters. The van der Waals surface area contributed by atoms with Crippen LogP contribution in [0, 0.1) is 23.7 Å². The van der Waals surface area contributed by atoms with E-state index in [-0.39, 0.29) is 11.9 Å². The highest BCUT2D eigenvalue weighted by atomic mass is 16.5. The first-order valence-corrected chi connectivity index (χ1v) is 11.0. The Bertz CT molecular complexity index is 494. The number of hydrogen-bond acceptors (Lipinski definition) is 2. The van der Waals surface area contributed by atoms with E-state index in [1.165, 1.54) is 51.4 Å². The van der Waals surface area contributed by atoms with Crippen LogP contribution < -0.4 is 4.74 Å². The molecule has 1 aromatic rings. The topological polar surface area (TPSA) is 26.3 Å².